The largest absolute Gasteiger partial charge is 0.350 e. The summed E-state index contributed by atoms with van der Waals surface area (Å²) in [7, 11) is 0. The van der Waals surface area contributed by atoms with Crippen molar-refractivity contribution in [2.75, 3.05) is 0 Å². The second kappa shape index (κ2) is 9.26. The van der Waals surface area contributed by atoms with Crippen molar-refractivity contribution in [1.29, 1.82) is 0 Å². The summed E-state index contributed by atoms with van der Waals surface area (Å²) in [4.78, 5) is 29.9. The number of hydrogen-bond donors (Lipinski definition) is 2. The van der Waals surface area contributed by atoms with Gasteiger partial charge in [0.2, 0.25) is 5.91 Å². The van der Waals surface area contributed by atoms with Crippen molar-refractivity contribution in [3.05, 3.63) is 101 Å². The van der Waals surface area contributed by atoms with Crippen LogP contribution in [-0.2, 0) is 24.4 Å². The molecule has 6 heteroatoms. The lowest BCUT2D eigenvalue weighted by Crippen LogP contribution is -2.30. The Balaban J connectivity index is 1.49. The maximum atomic E-state index is 12.6. The van der Waals surface area contributed by atoms with Gasteiger partial charge in [-0.3, -0.25) is 9.59 Å². The van der Waals surface area contributed by atoms with E-state index >= 15 is 0 Å². The van der Waals surface area contributed by atoms with Crippen LogP contribution in [0.5, 0.6) is 0 Å². The highest BCUT2D eigenvalue weighted by Crippen LogP contribution is 2.16. The average Bonchev–Trinajstić information content (AvgIpc) is 3.14. The fourth-order valence-corrected chi connectivity index (χ4v) is 3.52. The van der Waals surface area contributed by atoms with Crippen LogP contribution in [0.3, 0.4) is 0 Å². The fraction of sp³-hybridized carbons (Fsp3) is 0.160. The zero-order valence-electron chi connectivity index (χ0n) is 17.3. The van der Waals surface area contributed by atoms with Crippen molar-refractivity contribution in [1.82, 2.24) is 20.2 Å². The number of benzene rings is 3. The molecule has 4 rings (SSSR count). The number of carbonyl (C=O) groups excluding carboxylic acids is 2. The van der Waals surface area contributed by atoms with Gasteiger partial charge in [-0.15, -0.1) is 0 Å². The van der Waals surface area contributed by atoms with Gasteiger partial charge in [-0.2, -0.15) is 0 Å². The molecule has 0 spiro atoms. The maximum Gasteiger partial charge on any atom is 0.251 e. The highest BCUT2D eigenvalue weighted by molar-refractivity contribution is 5.95. The van der Waals surface area contributed by atoms with Crippen molar-refractivity contribution >= 4 is 22.8 Å². The first-order chi connectivity index (χ1) is 15.1. The molecule has 0 atom stereocenters. The molecule has 0 saturated heterocycles. The molecule has 6 nitrogen and oxygen atoms in total. The smallest absolute Gasteiger partial charge is 0.251 e. The maximum absolute atomic E-state index is 12.6. The molecule has 0 saturated carbocycles. The first kappa shape index (κ1) is 20.3. The van der Waals surface area contributed by atoms with Crippen LogP contribution < -0.4 is 10.6 Å². The van der Waals surface area contributed by atoms with Crippen molar-refractivity contribution in [3.63, 3.8) is 0 Å². The number of aromatic nitrogens is 2. The number of nitrogens with one attached hydrogen (secondary N) is 2. The summed E-state index contributed by atoms with van der Waals surface area (Å²) >= 11 is 0. The standard InChI is InChI=1S/C25H24N4O2/c1-18-9-5-6-12-20(18)25(31)27-16-23-28-21-13-7-8-14-22(21)29(23)17-24(30)26-15-19-10-3-2-4-11-19/h2-14H,15-17H2,1H3,(H,26,30)(H,27,31). The van der Waals surface area contributed by atoms with Crippen LogP contribution >= 0.6 is 0 Å². The SMILES string of the molecule is Cc1ccccc1C(=O)NCc1nc2ccccc2n1CC(=O)NCc1ccccc1. The number of hydrogen-bond acceptors (Lipinski definition) is 3. The van der Waals surface area contributed by atoms with E-state index in [0.717, 1.165) is 22.2 Å². The zero-order valence-corrected chi connectivity index (χ0v) is 17.3. The molecule has 2 amide bonds. The third kappa shape index (κ3) is 4.80. The van der Waals surface area contributed by atoms with E-state index in [4.69, 9.17) is 0 Å². The minimum Gasteiger partial charge on any atom is -0.350 e. The highest BCUT2D eigenvalue weighted by Gasteiger charge is 2.15. The molecule has 31 heavy (non-hydrogen) atoms. The van der Waals surface area contributed by atoms with Crippen LogP contribution in [0.4, 0.5) is 0 Å². The van der Waals surface area contributed by atoms with E-state index < -0.39 is 0 Å². The molecule has 1 aromatic heterocycles. The van der Waals surface area contributed by atoms with Gasteiger partial charge in [-0.25, -0.2) is 4.98 Å². The Kier molecular flexibility index (Phi) is 6.08. The third-order valence-electron chi connectivity index (χ3n) is 5.16. The number of fused-ring (bicyclic) bond motifs is 1. The van der Waals surface area contributed by atoms with Crippen molar-refractivity contribution < 1.29 is 9.59 Å². The van der Waals surface area contributed by atoms with Crippen molar-refractivity contribution in [3.8, 4) is 0 Å². The summed E-state index contributed by atoms with van der Waals surface area (Å²) in [6, 6.07) is 24.9. The lowest BCUT2D eigenvalue weighted by atomic mass is 10.1. The van der Waals surface area contributed by atoms with Gasteiger partial charge in [0.05, 0.1) is 17.6 Å². The Morgan fingerprint density at radius 3 is 2.35 bits per heavy atom. The van der Waals surface area contributed by atoms with Crippen molar-refractivity contribution in [2.45, 2.75) is 26.6 Å². The van der Waals surface area contributed by atoms with E-state index in [9.17, 15) is 9.59 Å². The van der Waals surface area contributed by atoms with Gasteiger partial charge < -0.3 is 15.2 Å². The lowest BCUT2D eigenvalue weighted by Gasteiger charge is -2.11. The Morgan fingerprint density at radius 2 is 1.55 bits per heavy atom. The normalized spacial score (nSPS) is 10.7. The molecule has 0 aliphatic heterocycles. The predicted molar refractivity (Wildman–Crippen MR) is 120 cm³/mol. The number of imidazole rings is 1. The third-order valence-corrected chi connectivity index (χ3v) is 5.16. The van der Waals surface area contributed by atoms with Crippen LogP contribution in [0.2, 0.25) is 0 Å². The minimum atomic E-state index is -0.162. The van der Waals surface area contributed by atoms with Gasteiger partial charge in [-0.1, -0.05) is 60.7 Å². The molecule has 1 heterocycles. The van der Waals surface area contributed by atoms with E-state index in [2.05, 4.69) is 15.6 Å². The molecule has 0 aliphatic rings. The van der Waals surface area contributed by atoms with Crippen LogP contribution in [0.25, 0.3) is 11.0 Å². The van der Waals surface area contributed by atoms with E-state index in [1.54, 1.807) is 6.07 Å². The molecule has 0 unspecified atom stereocenters. The Bertz CT molecular complexity index is 1210. The number of rotatable bonds is 7. The van der Waals surface area contributed by atoms with Gasteiger partial charge in [0, 0.05) is 12.1 Å². The van der Waals surface area contributed by atoms with Gasteiger partial charge >= 0.3 is 0 Å². The van der Waals surface area contributed by atoms with Gasteiger partial charge in [0.1, 0.15) is 12.4 Å². The van der Waals surface area contributed by atoms with Crippen LogP contribution in [0.15, 0.2) is 78.9 Å². The first-order valence-electron chi connectivity index (χ1n) is 10.2. The van der Waals surface area contributed by atoms with E-state index in [-0.39, 0.29) is 24.9 Å². The molecule has 0 aliphatic carbocycles. The number of aryl methyl sites for hydroxylation is 1. The molecule has 4 aromatic rings. The lowest BCUT2D eigenvalue weighted by molar-refractivity contribution is -0.121. The summed E-state index contributed by atoms with van der Waals surface area (Å²) < 4.78 is 1.85. The topological polar surface area (TPSA) is 76.0 Å². The molecule has 0 radical (unpaired) electrons. The van der Waals surface area contributed by atoms with Gasteiger partial charge in [0.25, 0.3) is 5.91 Å². The average molecular weight is 412 g/mol. The Hall–Kier alpha value is -3.93. The summed E-state index contributed by atoms with van der Waals surface area (Å²) in [6.07, 6.45) is 0. The molecular weight excluding hydrogens is 388 g/mol. The van der Waals surface area contributed by atoms with Gasteiger partial charge in [0.15, 0.2) is 0 Å². The number of amides is 2. The number of carbonyl (C=O) groups is 2. The Labute approximate surface area is 180 Å². The van der Waals surface area contributed by atoms with E-state index in [1.807, 2.05) is 84.3 Å². The van der Waals surface area contributed by atoms with Crippen LogP contribution in [0.1, 0.15) is 27.3 Å². The second-order valence-corrected chi connectivity index (χ2v) is 7.36. The Morgan fingerprint density at radius 1 is 0.839 bits per heavy atom. The minimum absolute atomic E-state index is 0.113. The van der Waals surface area contributed by atoms with Gasteiger partial charge in [-0.05, 0) is 36.2 Å². The monoisotopic (exact) mass is 412 g/mol. The quantitative estimate of drug-likeness (QED) is 0.487. The molecule has 3 aromatic carbocycles. The summed E-state index contributed by atoms with van der Waals surface area (Å²) in [5.74, 6) is 0.363. The predicted octanol–water partition coefficient (Wildman–Crippen LogP) is 3.59. The highest BCUT2D eigenvalue weighted by atomic mass is 16.2. The fourth-order valence-electron chi connectivity index (χ4n) is 3.52. The molecule has 0 bridgehead atoms. The van der Waals surface area contributed by atoms with Crippen LogP contribution in [0, 0.1) is 6.92 Å². The molecule has 2 N–H and O–H groups in total. The van der Waals surface area contributed by atoms with Crippen LogP contribution in [-0.4, -0.2) is 21.4 Å². The first-order valence-corrected chi connectivity index (χ1v) is 10.2. The molecule has 156 valence electrons. The summed E-state index contributed by atoms with van der Waals surface area (Å²) in [5, 5.41) is 5.89. The number of para-hydroxylation sites is 2. The summed E-state index contributed by atoms with van der Waals surface area (Å²) in [6.45, 7) is 2.73. The summed E-state index contributed by atoms with van der Waals surface area (Å²) in [5.41, 5.74) is 4.23. The zero-order chi connectivity index (χ0) is 21.6. The van der Waals surface area contributed by atoms with E-state index in [1.165, 1.54) is 0 Å². The second-order valence-electron chi connectivity index (χ2n) is 7.36. The van der Waals surface area contributed by atoms with E-state index in [0.29, 0.717) is 17.9 Å². The van der Waals surface area contributed by atoms with Crippen molar-refractivity contribution in [2.24, 2.45) is 0 Å². The molecular formula is C25H24N4O2. The molecule has 0 fully saturated rings. The number of nitrogens with zero attached hydrogens (tertiary/aromatic N) is 2.